The number of benzene rings is 6. The molecule has 4 heteroatoms. The van der Waals surface area contributed by atoms with Crippen molar-refractivity contribution in [3.8, 4) is 33.8 Å². The Morgan fingerprint density at radius 3 is 1.05 bits per heavy atom. The van der Waals surface area contributed by atoms with Gasteiger partial charge in [0, 0.05) is 9.79 Å². The van der Waals surface area contributed by atoms with Gasteiger partial charge < -0.3 is 10.2 Å². The van der Waals surface area contributed by atoms with Crippen LogP contribution in [0.4, 0.5) is 0 Å². The zero-order valence-corrected chi connectivity index (χ0v) is 24.9. The molecule has 0 atom stereocenters. The topological polar surface area (TPSA) is 46.1 Å². The van der Waals surface area contributed by atoms with Crippen molar-refractivity contribution in [2.45, 2.75) is 9.79 Å². The third-order valence-electron chi connectivity index (χ3n) is 7.13. The maximum Gasteiger partial charge on any atom is 2.00 e. The third-order valence-corrected chi connectivity index (χ3v) is 8.21. The fourth-order valence-corrected chi connectivity index (χ4v) is 5.69. The second-order valence-electron chi connectivity index (χ2n) is 10.2. The van der Waals surface area contributed by atoms with Gasteiger partial charge in [0.25, 0.3) is 0 Å². The van der Waals surface area contributed by atoms with Gasteiger partial charge >= 0.3 is 10.1 Å². The molecule has 0 saturated heterocycles. The van der Waals surface area contributed by atoms with Crippen LogP contribution in [0.3, 0.4) is 0 Å². The van der Waals surface area contributed by atoms with E-state index in [4.69, 9.17) is 0 Å². The van der Waals surface area contributed by atoms with Crippen LogP contribution in [-0.2, 0) is 0 Å². The van der Waals surface area contributed by atoms with E-state index in [0.29, 0.717) is 9.79 Å². The fourth-order valence-electron chi connectivity index (χ4n) is 4.74. The molecule has 0 saturated carbocycles. The maximum absolute atomic E-state index is 12.8. The normalized spacial score (nSPS) is 11.1. The van der Waals surface area contributed by atoms with E-state index in [1.54, 1.807) is 12.1 Å². The molecule has 0 aromatic heterocycles. The summed E-state index contributed by atoms with van der Waals surface area (Å²) in [6.07, 6.45) is 8.34. The Morgan fingerprint density at radius 2 is 0.682 bits per heavy atom. The molecule has 0 amide bonds. The fraction of sp³-hybridized carbons (Fsp3) is 0. The zero-order valence-electron chi connectivity index (χ0n) is 24.1. The number of hydrogen-bond acceptors (Lipinski definition) is 3. The molecule has 0 bridgehead atoms. The molecule has 0 radical (unpaired) electrons. The van der Waals surface area contributed by atoms with Crippen LogP contribution in [0.5, 0.6) is 11.5 Å². The first kappa shape index (κ1) is 30.4. The van der Waals surface area contributed by atoms with Crippen molar-refractivity contribution in [2.75, 3.05) is 0 Å². The molecule has 6 aromatic carbocycles. The minimum Gasteiger partial charge on any atom is -0.872 e. The summed E-state index contributed by atoms with van der Waals surface area (Å²) < 4.78 is 0. The zero-order chi connectivity index (χ0) is 29.4. The maximum atomic E-state index is 12.8. The summed E-state index contributed by atoms with van der Waals surface area (Å²) in [5.74, 6) is -0.203. The van der Waals surface area contributed by atoms with E-state index in [0.717, 1.165) is 44.5 Å². The SMILES string of the molecule is [Be+2].[O-]c1ccc(-c2ccc(/C=C/c3ccccc3)cc2)cc1Sc1cc(-c2ccc(/C=C/c3ccccc3)cc2)ccc1[O-]. The smallest absolute Gasteiger partial charge is 0.872 e. The largest absolute Gasteiger partial charge is 2.00 e. The van der Waals surface area contributed by atoms with Crippen LogP contribution in [0.25, 0.3) is 46.6 Å². The van der Waals surface area contributed by atoms with Crippen LogP contribution in [0.2, 0.25) is 0 Å². The first-order chi connectivity index (χ1) is 21.1. The summed E-state index contributed by atoms with van der Waals surface area (Å²) in [6.45, 7) is 0. The summed E-state index contributed by atoms with van der Waals surface area (Å²) in [6, 6.07) is 47.4. The minimum atomic E-state index is -0.101. The molecule has 0 heterocycles. The summed E-state index contributed by atoms with van der Waals surface area (Å²) >= 11 is 1.23. The molecule has 6 rings (SSSR count). The van der Waals surface area contributed by atoms with Crippen molar-refractivity contribution in [3.05, 3.63) is 168 Å². The Morgan fingerprint density at radius 1 is 0.364 bits per heavy atom. The number of rotatable bonds is 8. The molecule has 6 aromatic rings. The molecular weight excluding hydrogens is 554 g/mol. The van der Waals surface area contributed by atoms with Gasteiger partial charge in [-0.3, -0.25) is 0 Å². The van der Waals surface area contributed by atoms with Gasteiger partial charge in [-0.05, 0) is 56.6 Å². The summed E-state index contributed by atoms with van der Waals surface area (Å²) in [5, 5.41) is 25.6. The van der Waals surface area contributed by atoms with Gasteiger partial charge in [-0.25, -0.2) is 0 Å². The average molecular weight is 582 g/mol. The van der Waals surface area contributed by atoms with Gasteiger partial charge in [-0.15, -0.1) is 0 Å². The van der Waals surface area contributed by atoms with Gasteiger partial charge in [-0.1, -0.05) is 181 Å². The third kappa shape index (κ3) is 7.65. The Balaban J connectivity index is 0.00000384. The second-order valence-corrected chi connectivity index (χ2v) is 11.2. The van der Waals surface area contributed by atoms with Crippen molar-refractivity contribution < 1.29 is 10.2 Å². The molecular formula is C40H28BeO2S. The average Bonchev–Trinajstić information content (AvgIpc) is 3.06. The number of hydrogen-bond donors (Lipinski definition) is 0. The van der Waals surface area contributed by atoms with E-state index in [2.05, 4.69) is 97.1 Å². The molecule has 0 unspecified atom stereocenters. The van der Waals surface area contributed by atoms with Crippen LogP contribution in [0.15, 0.2) is 155 Å². The predicted molar refractivity (Wildman–Crippen MR) is 183 cm³/mol. The van der Waals surface area contributed by atoms with Gasteiger partial charge in [-0.2, -0.15) is 0 Å². The van der Waals surface area contributed by atoms with Crippen molar-refractivity contribution in [1.29, 1.82) is 0 Å². The van der Waals surface area contributed by atoms with E-state index in [9.17, 15) is 10.2 Å². The first-order valence-electron chi connectivity index (χ1n) is 14.1. The molecule has 0 spiro atoms. The Bertz CT molecular complexity index is 1740. The van der Waals surface area contributed by atoms with Gasteiger partial charge in [0.15, 0.2) is 0 Å². The van der Waals surface area contributed by atoms with Crippen LogP contribution in [0, 0.1) is 0 Å². The summed E-state index contributed by atoms with van der Waals surface area (Å²) in [7, 11) is 0. The molecule has 0 aliphatic rings. The molecule has 208 valence electrons. The van der Waals surface area contributed by atoms with Crippen molar-refractivity contribution in [1.82, 2.24) is 0 Å². The molecule has 0 aliphatic heterocycles. The predicted octanol–water partition coefficient (Wildman–Crippen LogP) is 9.28. The Hall–Kier alpha value is -5.08. The van der Waals surface area contributed by atoms with Crippen LogP contribution < -0.4 is 10.2 Å². The second kappa shape index (κ2) is 14.4. The summed E-state index contributed by atoms with van der Waals surface area (Å²) in [4.78, 5) is 1.06. The quantitative estimate of drug-likeness (QED) is 0.133. The van der Waals surface area contributed by atoms with Gasteiger partial charge in [0.1, 0.15) is 0 Å². The van der Waals surface area contributed by atoms with Gasteiger partial charge in [0.05, 0.1) is 0 Å². The molecule has 44 heavy (non-hydrogen) atoms. The van der Waals surface area contributed by atoms with Crippen molar-refractivity contribution in [3.63, 3.8) is 0 Å². The van der Waals surface area contributed by atoms with Crippen LogP contribution in [0.1, 0.15) is 22.3 Å². The van der Waals surface area contributed by atoms with E-state index in [1.807, 2.05) is 60.7 Å². The molecule has 2 nitrogen and oxygen atoms in total. The summed E-state index contributed by atoms with van der Waals surface area (Å²) in [5.41, 5.74) is 8.37. The Kier molecular flexibility index (Phi) is 9.94. The van der Waals surface area contributed by atoms with Crippen LogP contribution >= 0.6 is 11.8 Å². The van der Waals surface area contributed by atoms with E-state index < -0.39 is 0 Å². The van der Waals surface area contributed by atoms with E-state index in [1.165, 1.54) is 11.8 Å². The van der Waals surface area contributed by atoms with Crippen LogP contribution in [-0.4, -0.2) is 10.1 Å². The molecule has 0 N–H and O–H groups in total. The minimum absolute atomic E-state index is 0. The van der Waals surface area contributed by atoms with Crippen molar-refractivity contribution >= 4 is 46.2 Å². The first-order valence-corrected chi connectivity index (χ1v) is 14.9. The van der Waals surface area contributed by atoms with Crippen molar-refractivity contribution in [2.24, 2.45) is 0 Å². The Labute approximate surface area is 266 Å². The monoisotopic (exact) mass is 581 g/mol. The van der Waals surface area contributed by atoms with E-state index in [-0.39, 0.29) is 21.6 Å². The standard InChI is InChI=1S/C40H30O2S.Be/c41-37-25-23-35(33-19-15-31(16-20-33)13-11-29-7-3-1-4-8-29)27-39(37)43-40-28-36(24-26-38(40)42)34-21-17-32(18-22-34)14-12-30-9-5-2-6-10-30;/h1-28,41-42H;/q;+2/p-2/b13-11+,14-12+;. The van der Waals surface area contributed by atoms with Gasteiger partial charge in [0.2, 0.25) is 0 Å². The molecule has 0 fully saturated rings. The molecule has 0 aliphatic carbocycles. The van der Waals surface area contributed by atoms with E-state index >= 15 is 0 Å².